The van der Waals surface area contributed by atoms with E-state index in [1.165, 1.54) is 0 Å². The van der Waals surface area contributed by atoms with Crippen LogP contribution in [0.4, 0.5) is 10.2 Å². The van der Waals surface area contributed by atoms with Crippen LogP contribution in [0.1, 0.15) is 22.4 Å². The Morgan fingerprint density at radius 2 is 1.96 bits per heavy atom. The summed E-state index contributed by atoms with van der Waals surface area (Å²) in [6, 6.07) is 7.31. The number of aromatic nitrogens is 3. The van der Waals surface area contributed by atoms with Gasteiger partial charge in [-0.15, -0.1) is 11.3 Å². The highest BCUT2D eigenvalue weighted by atomic mass is 32.1. The molecule has 0 atom stereocenters. The number of fused-ring (bicyclic) bond motifs is 3. The quantitative estimate of drug-likeness (QED) is 0.569. The number of pyridine rings is 1. The third kappa shape index (κ3) is 2.82. The Morgan fingerprint density at radius 3 is 2.76 bits per heavy atom. The molecule has 126 valence electrons. The van der Waals surface area contributed by atoms with Crippen LogP contribution in [0.25, 0.3) is 20.4 Å². The van der Waals surface area contributed by atoms with Crippen LogP contribution < -0.4 is 5.32 Å². The molecule has 0 unspecified atom stereocenters. The van der Waals surface area contributed by atoms with Crippen LogP contribution in [0.3, 0.4) is 0 Å². The van der Waals surface area contributed by atoms with Gasteiger partial charge in [-0.1, -0.05) is 12.1 Å². The molecule has 25 heavy (non-hydrogen) atoms. The lowest BCUT2D eigenvalue weighted by molar-refractivity contribution is 0.611. The number of benzene rings is 1. The zero-order valence-electron chi connectivity index (χ0n) is 14.2. The Balaban J connectivity index is 1.76. The van der Waals surface area contributed by atoms with Gasteiger partial charge in [0.2, 0.25) is 0 Å². The van der Waals surface area contributed by atoms with Gasteiger partial charge in [-0.2, -0.15) is 0 Å². The number of hydrogen-bond donors (Lipinski definition) is 1. The average molecular weight is 352 g/mol. The molecule has 0 amide bonds. The van der Waals surface area contributed by atoms with E-state index in [1.807, 2.05) is 19.9 Å². The maximum absolute atomic E-state index is 14.1. The van der Waals surface area contributed by atoms with Crippen molar-refractivity contribution in [3.8, 4) is 0 Å². The molecule has 0 aliphatic rings. The first kappa shape index (κ1) is 15.9. The molecule has 0 radical (unpaired) electrons. The minimum absolute atomic E-state index is 0.206. The highest BCUT2D eigenvalue weighted by molar-refractivity contribution is 7.26. The number of halogens is 1. The summed E-state index contributed by atoms with van der Waals surface area (Å²) in [5, 5.41) is 4.32. The number of thiophene rings is 1. The fourth-order valence-electron chi connectivity index (χ4n) is 3.01. The van der Waals surface area contributed by atoms with Gasteiger partial charge in [0.05, 0.1) is 10.2 Å². The molecule has 0 bridgehead atoms. The highest BCUT2D eigenvalue weighted by Crippen LogP contribution is 2.36. The molecule has 4 aromatic rings. The molecule has 6 heteroatoms. The molecule has 1 aromatic carbocycles. The van der Waals surface area contributed by atoms with Crippen molar-refractivity contribution >= 4 is 37.6 Å². The van der Waals surface area contributed by atoms with Crippen LogP contribution in [-0.2, 0) is 6.54 Å². The second-order valence-electron chi connectivity index (χ2n) is 6.21. The normalized spacial score (nSPS) is 11.4. The highest BCUT2D eigenvalue weighted by Gasteiger charge is 2.14. The molecule has 0 aliphatic heterocycles. The van der Waals surface area contributed by atoms with Gasteiger partial charge in [0, 0.05) is 23.2 Å². The van der Waals surface area contributed by atoms with E-state index in [0.29, 0.717) is 17.9 Å². The van der Waals surface area contributed by atoms with E-state index in [2.05, 4.69) is 33.3 Å². The smallest absolute Gasteiger partial charge is 0.147 e. The Hall–Kier alpha value is -2.60. The molecule has 0 saturated carbocycles. The summed E-state index contributed by atoms with van der Waals surface area (Å²) < 4.78 is 15.0. The maximum atomic E-state index is 14.1. The third-order valence-corrected chi connectivity index (χ3v) is 5.29. The van der Waals surface area contributed by atoms with Gasteiger partial charge in [0.15, 0.2) is 0 Å². The number of nitrogens with zero attached hydrogens (tertiary/aromatic N) is 3. The summed E-state index contributed by atoms with van der Waals surface area (Å²) in [4.78, 5) is 14.4. The number of anilines is 1. The molecule has 0 saturated heterocycles. The zero-order valence-corrected chi connectivity index (χ0v) is 15.0. The first-order valence-electron chi connectivity index (χ1n) is 8.03. The van der Waals surface area contributed by atoms with Gasteiger partial charge in [-0.25, -0.2) is 19.3 Å². The minimum atomic E-state index is -0.206. The Kier molecular flexibility index (Phi) is 3.84. The fraction of sp³-hybridized carbons (Fsp3) is 0.211. The topological polar surface area (TPSA) is 50.7 Å². The van der Waals surface area contributed by atoms with E-state index in [1.54, 1.807) is 29.8 Å². The van der Waals surface area contributed by atoms with Crippen molar-refractivity contribution < 1.29 is 4.39 Å². The van der Waals surface area contributed by atoms with Crippen molar-refractivity contribution in [1.29, 1.82) is 0 Å². The van der Waals surface area contributed by atoms with Crippen LogP contribution in [0.5, 0.6) is 0 Å². The molecular weight excluding hydrogens is 335 g/mol. The molecule has 3 heterocycles. The van der Waals surface area contributed by atoms with Crippen molar-refractivity contribution in [2.75, 3.05) is 5.32 Å². The number of rotatable bonds is 3. The molecule has 4 nitrogen and oxygen atoms in total. The molecular formula is C19H17FN4S. The van der Waals surface area contributed by atoms with Crippen molar-refractivity contribution in [1.82, 2.24) is 15.0 Å². The van der Waals surface area contributed by atoms with Crippen molar-refractivity contribution in [2.45, 2.75) is 27.3 Å². The third-order valence-electron chi connectivity index (χ3n) is 4.21. The van der Waals surface area contributed by atoms with E-state index in [0.717, 1.165) is 37.3 Å². The molecule has 3 aromatic heterocycles. The van der Waals surface area contributed by atoms with E-state index < -0.39 is 0 Å². The van der Waals surface area contributed by atoms with E-state index >= 15 is 0 Å². The number of nitrogens with one attached hydrogen (secondary N) is 1. The largest absolute Gasteiger partial charge is 0.365 e. The predicted molar refractivity (Wildman–Crippen MR) is 101 cm³/mol. The fourth-order valence-corrected chi connectivity index (χ4v) is 4.23. The van der Waals surface area contributed by atoms with Gasteiger partial charge in [-0.05, 0) is 44.0 Å². The standard InChI is InChI=1S/C19H17FN4S/c1-10-4-5-13(14(20)6-10)8-21-18-17-16(22-9-23-18)15-11(2)7-12(3)24-19(15)25-17/h4-7,9H,8H2,1-3H3,(H,21,22,23). The van der Waals surface area contributed by atoms with E-state index in [-0.39, 0.29) is 5.82 Å². The summed E-state index contributed by atoms with van der Waals surface area (Å²) in [7, 11) is 0. The van der Waals surface area contributed by atoms with E-state index in [9.17, 15) is 4.39 Å². The monoisotopic (exact) mass is 352 g/mol. The van der Waals surface area contributed by atoms with Gasteiger partial charge in [-0.3, -0.25) is 0 Å². The molecule has 4 rings (SSSR count). The summed E-state index contributed by atoms with van der Waals surface area (Å²) in [6.45, 7) is 6.31. The van der Waals surface area contributed by atoms with Crippen LogP contribution in [-0.4, -0.2) is 15.0 Å². The van der Waals surface area contributed by atoms with Crippen molar-refractivity contribution in [3.05, 3.63) is 58.8 Å². The molecule has 1 N–H and O–H groups in total. The average Bonchev–Trinajstić information content (AvgIpc) is 2.93. The Bertz CT molecular complexity index is 1100. The van der Waals surface area contributed by atoms with Crippen molar-refractivity contribution in [3.63, 3.8) is 0 Å². The lowest BCUT2D eigenvalue weighted by Gasteiger charge is -2.08. The zero-order chi connectivity index (χ0) is 17.6. The first-order chi connectivity index (χ1) is 12.0. The van der Waals surface area contributed by atoms with Gasteiger partial charge in [0.25, 0.3) is 0 Å². The second-order valence-corrected chi connectivity index (χ2v) is 7.21. The van der Waals surface area contributed by atoms with Gasteiger partial charge >= 0.3 is 0 Å². The maximum Gasteiger partial charge on any atom is 0.147 e. The lowest BCUT2D eigenvalue weighted by atomic mass is 10.1. The van der Waals surface area contributed by atoms with Gasteiger partial charge < -0.3 is 5.32 Å². The lowest BCUT2D eigenvalue weighted by Crippen LogP contribution is -2.04. The Labute approximate surface area is 148 Å². The summed E-state index contributed by atoms with van der Waals surface area (Å²) >= 11 is 1.57. The summed E-state index contributed by atoms with van der Waals surface area (Å²) in [6.07, 6.45) is 1.54. The molecule has 0 spiro atoms. The second kappa shape index (κ2) is 6.04. The minimum Gasteiger partial charge on any atom is -0.365 e. The van der Waals surface area contributed by atoms with Gasteiger partial charge in [0.1, 0.15) is 22.8 Å². The number of hydrogen-bond acceptors (Lipinski definition) is 5. The van der Waals surface area contributed by atoms with E-state index in [4.69, 9.17) is 0 Å². The van der Waals surface area contributed by atoms with Crippen molar-refractivity contribution in [2.24, 2.45) is 0 Å². The van der Waals surface area contributed by atoms with Crippen LogP contribution in [0, 0.1) is 26.6 Å². The van der Waals surface area contributed by atoms with Crippen LogP contribution >= 0.6 is 11.3 Å². The van der Waals surface area contributed by atoms with Crippen LogP contribution in [0.15, 0.2) is 30.6 Å². The van der Waals surface area contributed by atoms with Crippen LogP contribution in [0.2, 0.25) is 0 Å². The predicted octanol–water partition coefficient (Wildman–Crippen LogP) is 4.92. The SMILES string of the molecule is Cc1ccc(CNc2ncnc3c2sc2nc(C)cc(C)c23)c(F)c1. The number of aryl methyl sites for hydroxylation is 3. The molecule has 0 fully saturated rings. The summed E-state index contributed by atoms with van der Waals surface area (Å²) in [5.74, 6) is 0.507. The Morgan fingerprint density at radius 1 is 1.12 bits per heavy atom. The summed E-state index contributed by atoms with van der Waals surface area (Å²) in [5.41, 5.74) is 4.56. The molecule has 0 aliphatic carbocycles. The first-order valence-corrected chi connectivity index (χ1v) is 8.85.